The van der Waals surface area contributed by atoms with Crippen molar-refractivity contribution in [2.45, 2.75) is 33.1 Å². The van der Waals surface area contributed by atoms with Crippen molar-refractivity contribution in [1.82, 2.24) is 5.06 Å². The van der Waals surface area contributed by atoms with Crippen LogP contribution in [0.5, 0.6) is 0 Å². The highest BCUT2D eigenvalue weighted by Crippen LogP contribution is 2.21. The van der Waals surface area contributed by atoms with Crippen molar-refractivity contribution < 1.29 is 14.4 Å². The second-order valence-electron chi connectivity index (χ2n) is 3.82. The summed E-state index contributed by atoms with van der Waals surface area (Å²) >= 11 is 0. The molecule has 14 heavy (non-hydrogen) atoms. The Morgan fingerprint density at radius 1 is 1.57 bits per heavy atom. The van der Waals surface area contributed by atoms with Crippen molar-refractivity contribution in [1.29, 1.82) is 0 Å². The Hall–Kier alpha value is -1.32. The number of amides is 1. The molecule has 1 rings (SSSR count). The fraction of sp³-hybridized carbons (Fsp3) is 0.600. The normalized spacial score (nSPS) is 16.6. The summed E-state index contributed by atoms with van der Waals surface area (Å²) in [5, 5.41) is 1.02. The van der Waals surface area contributed by atoms with Crippen LogP contribution in [0.15, 0.2) is 12.3 Å². The van der Waals surface area contributed by atoms with Gasteiger partial charge in [-0.1, -0.05) is 20.4 Å². The summed E-state index contributed by atoms with van der Waals surface area (Å²) in [5.74, 6) is -0.336. The van der Waals surface area contributed by atoms with Gasteiger partial charge in [0.05, 0.1) is 12.1 Å². The Bertz CT molecular complexity index is 255. The van der Waals surface area contributed by atoms with E-state index in [0.29, 0.717) is 25.0 Å². The first kappa shape index (κ1) is 10.8. The SMILES string of the molecule is C=C1CCC(=O)N1OC(=O)CC(C)C. The molecule has 78 valence electrons. The maximum Gasteiger partial charge on any atom is 0.333 e. The van der Waals surface area contributed by atoms with E-state index in [1.807, 2.05) is 13.8 Å². The lowest BCUT2D eigenvalue weighted by Gasteiger charge is -2.16. The summed E-state index contributed by atoms with van der Waals surface area (Å²) in [6.07, 6.45) is 1.28. The topological polar surface area (TPSA) is 46.6 Å². The number of carbonyl (C=O) groups excluding carboxylic acids is 2. The van der Waals surface area contributed by atoms with Gasteiger partial charge in [-0.05, 0) is 12.3 Å². The third-order valence-corrected chi connectivity index (χ3v) is 1.91. The van der Waals surface area contributed by atoms with Crippen molar-refractivity contribution in [2.24, 2.45) is 5.92 Å². The molecule has 1 saturated heterocycles. The molecule has 0 aliphatic carbocycles. The summed E-state index contributed by atoms with van der Waals surface area (Å²) in [4.78, 5) is 27.3. The molecule has 0 atom stereocenters. The lowest BCUT2D eigenvalue weighted by Crippen LogP contribution is -2.27. The second-order valence-corrected chi connectivity index (χ2v) is 3.82. The Morgan fingerprint density at radius 2 is 2.21 bits per heavy atom. The Balaban J connectivity index is 2.47. The number of allylic oxidation sites excluding steroid dienone is 1. The monoisotopic (exact) mass is 197 g/mol. The molecule has 0 radical (unpaired) electrons. The van der Waals surface area contributed by atoms with E-state index in [-0.39, 0.29) is 17.8 Å². The molecule has 0 aromatic rings. The van der Waals surface area contributed by atoms with Gasteiger partial charge in [0.1, 0.15) is 0 Å². The second kappa shape index (κ2) is 4.26. The molecule has 4 nitrogen and oxygen atoms in total. The van der Waals surface area contributed by atoms with Crippen LogP contribution >= 0.6 is 0 Å². The number of rotatable bonds is 3. The maximum atomic E-state index is 11.2. The first-order valence-corrected chi connectivity index (χ1v) is 4.72. The third-order valence-electron chi connectivity index (χ3n) is 1.91. The standard InChI is InChI=1S/C10H15NO3/c1-7(2)6-10(13)14-11-8(3)4-5-9(11)12/h7H,3-6H2,1-2H3. The van der Waals surface area contributed by atoms with Crippen LogP contribution in [0.2, 0.25) is 0 Å². The van der Waals surface area contributed by atoms with Crippen molar-refractivity contribution in [3.8, 4) is 0 Å². The predicted octanol–water partition coefficient (Wildman–Crippen LogP) is 1.63. The summed E-state index contributed by atoms with van der Waals surface area (Å²) in [6, 6.07) is 0. The van der Waals surface area contributed by atoms with E-state index in [0.717, 1.165) is 5.06 Å². The number of hydrogen-bond acceptors (Lipinski definition) is 3. The molecule has 0 aromatic carbocycles. The largest absolute Gasteiger partial charge is 0.334 e. The summed E-state index contributed by atoms with van der Waals surface area (Å²) in [7, 11) is 0. The van der Waals surface area contributed by atoms with E-state index >= 15 is 0 Å². The Morgan fingerprint density at radius 3 is 2.64 bits per heavy atom. The average Bonchev–Trinajstić information content (AvgIpc) is 2.34. The Kier molecular flexibility index (Phi) is 3.28. The van der Waals surface area contributed by atoms with Crippen LogP contribution in [0, 0.1) is 5.92 Å². The van der Waals surface area contributed by atoms with E-state index < -0.39 is 0 Å². The van der Waals surface area contributed by atoms with Gasteiger partial charge in [0.25, 0.3) is 5.91 Å². The highest BCUT2D eigenvalue weighted by atomic mass is 16.7. The number of carbonyl (C=O) groups is 2. The fourth-order valence-electron chi connectivity index (χ4n) is 1.22. The highest BCUT2D eigenvalue weighted by molar-refractivity contribution is 5.82. The highest BCUT2D eigenvalue weighted by Gasteiger charge is 2.28. The number of hydrogen-bond donors (Lipinski definition) is 0. The van der Waals surface area contributed by atoms with Gasteiger partial charge in [-0.15, -0.1) is 5.06 Å². The minimum atomic E-state index is -0.378. The first-order chi connectivity index (χ1) is 6.50. The van der Waals surface area contributed by atoms with Gasteiger partial charge in [0, 0.05) is 6.42 Å². The van der Waals surface area contributed by atoms with E-state index in [9.17, 15) is 9.59 Å². The van der Waals surface area contributed by atoms with Crippen LogP contribution < -0.4 is 0 Å². The van der Waals surface area contributed by atoms with Crippen LogP contribution in [-0.4, -0.2) is 16.9 Å². The molecular formula is C10H15NO3. The molecule has 0 unspecified atom stereocenters. The lowest BCUT2D eigenvalue weighted by molar-refractivity contribution is -0.187. The number of hydroxylamine groups is 2. The van der Waals surface area contributed by atoms with Crippen LogP contribution in [-0.2, 0) is 14.4 Å². The van der Waals surface area contributed by atoms with Gasteiger partial charge >= 0.3 is 5.97 Å². The van der Waals surface area contributed by atoms with Crippen LogP contribution in [0.3, 0.4) is 0 Å². The summed E-state index contributed by atoms with van der Waals surface area (Å²) < 4.78 is 0. The molecule has 1 fully saturated rings. The summed E-state index contributed by atoms with van der Waals surface area (Å²) in [5.41, 5.74) is 0.562. The van der Waals surface area contributed by atoms with Gasteiger partial charge in [-0.25, -0.2) is 4.79 Å². The molecule has 4 heteroatoms. The molecule has 0 aromatic heterocycles. The zero-order valence-corrected chi connectivity index (χ0v) is 8.58. The van der Waals surface area contributed by atoms with Gasteiger partial charge in [-0.3, -0.25) is 4.79 Å². The maximum absolute atomic E-state index is 11.2. The van der Waals surface area contributed by atoms with Crippen molar-refractivity contribution in [3.05, 3.63) is 12.3 Å². The van der Waals surface area contributed by atoms with E-state index in [1.54, 1.807) is 0 Å². The minimum absolute atomic E-state index is 0.188. The molecule has 0 saturated carbocycles. The van der Waals surface area contributed by atoms with Gasteiger partial charge in [-0.2, -0.15) is 0 Å². The van der Waals surface area contributed by atoms with Gasteiger partial charge < -0.3 is 4.84 Å². The average molecular weight is 197 g/mol. The molecule has 0 N–H and O–H groups in total. The molecule has 1 heterocycles. The predicted molar refractivity (Wildman–Crippen MR) is 50.8 cm³/mol. The van der Waals surface area contributed by atoms with Gasteiger partial charge in [0.15, 0.2) is 0 Å². The quantitative estimate of drug-likeness (QED) is 0.690. The molecule has 1 aliphatic heterocycles. The zero-order valence-electron chi connectivity index (χ0n) is 8.58. The molecule has 0 bridgehead atoms. The van der Waals surface area contributed by atoms with Crippen LogP contribution in [0.1, 0.15) is 33.1 Å². The van der Waals surface area contributed by atoms with E-state index in [1.165, 1.54) is 0 Å². The lowest BCUT2D eigenvalue weighted by atomic mass is 10.1. The number of nitrogens with zero attached hydrogens (tertiary/aromatic N) is 1. The van der Waals surface area contributed by atoms with Crippen molar-refractivity contribution in [3.63, 3.8) is 0 Å². The van der Waals surface area contributed by atoms with Crippen LogP contribution in [0.4, 0.5) is 0 Å². The minimum Gasteiger partial charge on any atom is -0.334 e. The Labute approximate surface area is 83.5 Å². The van der Waals surface area contributed by atoms with Gasteiger partial charge in [0.2, 0.25) is 0 Å². The van der Waals surface area contributed by atoms with E-state index in [2.05, 4.69) is 6.58 Å². The first-order valence-electron chi connectivity index (χ1n) is 4.72. The molecule has 1 aliphatic rings. The third kappa shape index (κ3) is 2.58. The van der Waals surface area contributed by atoms with E-state index in [4.69, 9.17) is 4.84 Å². The smallest absolute Gasteiger partial charge is 0.333 e. The van der Waals surface area contributed by atoms with Crippen LogP contribution in [0.25, 0.3) is 0 Å². The zero-order chi connectivity index (χ0) is 10.7. The van der Waals surface area contributed by atoms with Crippen molar-refractivity contribution >= 4 is 11.9 Å². The molecule has 1 amide bonds. The fourth-order valence-corrected chi connectivity index (χ4v) is 1.22. The van der Waals surface area contributed by atoms with Crippen molar-refractivity contribution in [2.75, 3.05) is 0 Å². The molecular weight excluding hydrogens is 182 g/mol. The molecule has 0 spiro atoms. The summed E-state index contributed by atoms with van der Waals surface area (Å²) in [6.45, 7) is 7.48.